The van der Waals surface area contributed by atoms with Gasteiger partial charge in [-0.15, -0.1) is 0 Å². The Morgan fingerprint density at radius 3 is 0.925 bits per heavy atom. The molecule has 4 aromatic carbocycles. The smallest absolute Gasteiger partial charge is 0.204 e. The SMILES string of the molecule is COc1c(F)c(F)c(C(O)(c2ccccc2)C(O)(c2ccccc2)c2c(F)c(F)c(OC)c(F)c2F)c(F)c1F. The first-order chi connectivity index (χ1) is 18.9. The van der Waals surface area contributed by atoms with Crippen LogP contribution < -0.4 is 9.47 Å². The summed E-state index contributed by atoms with van der Waals surface area (Å²) in [6.07, 6.45) is 0. The number of halogens is 8. The van der Waals surface area contributed by atoms with Gasteiger partial charge in [-0.2, -0.15) is 17.6 Å². The monoisotopic (exact) mass is 570 g/mol. The minimum Gasteiger partial charge on any atom is -0.491 e. The van der Waals surface area contributed by atoms with Crippen molar-refractivity contribution in [1.29, 1.82) is 0 Å². The second-order valence-electron chi connectivity index (χ2n) is 8.48. The van der Waals surface area contributed by atoms with E-state index in [1.807, 2.05) is 0 Å². The van der Waals surface area contributed by atoms with Gasteiger partial charge in [-0.3, -0.25) is 0 Å². The molecule has 0 spiro atoms. The highest BCUT2D eigenvalue weighted by Gasteiger charge is 2.60. The summed E-state index contributed by atoms with van der Waals surface area (Å²) in [6.45, 7) is 0. The lowest BCUT2D eigenvalue weighted by Gasteiger charge is -2.45. The van der Waals surface area contributed by atoms with E-state index in [0.717, 1.165) is 48.5 Å². The van der Waals surface area contributed by atoms with Gasteiger partial charge >= 0.3 is 0 Å². The Balaban J connectivity index is 2.33. The zero-order chi connectivity index (χ0) is 29.6. The second-order valence-corrected chi connectivity index (χ2v) is 8.48. The Kier molecular flexibility index (Phi) is 7.52. The van der Waals surface area contributed by atoms with Crippen LogP contribution in [0.4, 0.5) is 35.1 Å². The van der Waals surface area contributed by atoms with Crippen LogP contribution in [0.2, 0.25) is 0 Å². The normalized spacial score (nSPS) is 14.4. The lowest BCUT2D eigenvalue weighted by molar-refractivity contribution is -0.121. The Morgan fingerprint density at radius 1 is 0.450 bits per heavy atom. The van der Waals surface area contributed by atoms with Gasteiger partial charge in [-0.25, -0.2) is 17.6 Å². The first-order valence-corrected chi connectivity index (χ1v) is 11.3. The molecule has 2 N–H and O–H groups in total. The summed E-state index contributed by atoms with van der Waals surface area (Å²) < 4.78 is 131. The fraction of sp³-hybridized carbons (Fsp3) is 0.143. The number of hydrogen-bond acceptors (Lipinski definition) is 4. The van der Waals surface area contributed by atoms with Gasteiger partial charge in [0.2, 0.25) is 23.3 Å². The lowest BCUT2D eigenvalue weighted by atomic mass is 9.65. The molecule has 0 aliphatic carbocycles. The van der Waals surface area contributed by atoms with Crippen molar-refractivity contribution < 1.29 is 54.8 Å². The van der Waals surface area contributed by atoms with E-state index in [4.69, 9.17) is 0 Å². The Labute approximate surface area is 221 Å². The van der Waals surface area contributed by atoms with Gasteiger partial charge in [0.25, 0.3) is 0 Å². The van der Waals surface area contributed by atoms with E-state index in [1.54, 1.807) is 0 Å². The molecule has 0 radical (unpaired) electrons. The quantitative estimate of drug-likeness (QED) is 0.212. The molecule has 0 aliphatic rings. The second kappa shape index (κ2) is 10.4. The molecular weight excluding hydrogens is 552 g/mol. The highest BCUT2D eigenvalue weighted by Crippen LogP contribution is 2.54. The van der Waals surface area contributed by atoms with Crippen molar-refractivity contribution in [3.8, 4) is 11.5 Å². The first kappa shape index (κ1) is 28.8. The summed E-state index contributed by atoms with van der Waals surface area (Å²) in [4.78, 5) is 0. The minimum absolute atomic E-state index is 0.678. The summed E-state index contributed by atoms with van der Waals surface area (Å²) in [5.74, 6) is -21.2. The number of hydrogen-bond donors (Lipinski definition) is 2. The maximum atomic E-state index is 15.6. The van der Waals surface area contributed by atoms with Crippen LogP contribution in [-0.4, -0.2) is 24.4 Å². The predicted molar refractivity (Wildman–Crippen MR) is 125 cm³/mol. The first-order valence-electron chi connectivity index (χ1n) is 11.3. The number of benzene rings is 4. The van der Waals surface area contributed by atoms with E-state index >= 15 is 17.6 Å². The fourth-order valence-corrected chi connectivity index (χ4v) is 4.64. The van der Waals surface area contributed by atoms with Gasteiger partial charge < -0.3 is 19.7 Å². The van der Waals surface area contributed by atoms with E-state index in [1.165, 1.54) is 12.1 Å². The average molecular weight is 570 g/mol. The third-order valence-corrected chi connectivity index (χ3v) is 6.48. The van der Waals surface area contributed by atoms with Crippen molar-refractivity contribution in [3.63, 3.8) is 0 Å². The zero-order valence-corrected chi connectivity index (χ0v) is 20.5. The van der Waals surface area contributed by atoms with Crippen LogP contribution in [0.5, 0.6) is 11.5 Å². The Bertz CT molecular complexity index is 1410. The van der Waals surface area contributed by atoms with E-state index in [0.29, 0.717) is 14.2 Å². The van der Waals surface area contributed by atoms with Gasteiger partial charge in [0.1, 0.15) is 0 Å². The molecule has 12 heteroatoms. The van der Waals surface area contributed by atoms with E-state index < -0.39 is 91.5 Å². The van der Waals surface area contributed by atoms with Gasteiger partial charge in [-0.1, -0.05) is 60.7 Å². The third-order valence-electron chi connectivity index (χ3n) is 6.48. The number of rotatable bonds is 7. The number of methoxy groups -OCH3 is 2. The van der Waals surface area contributed by atoms with E-state index in [2.05, 4.69) is 9.47 Å². The van der Waals surface area contributed by atoms with Crippen LogP contribution >= 0.6 is 0 Å². The molecule has 4 aromatic rings. The summed E-state index contributed by atoms with van der Waals surface area (Å²) >= 11 is 0. The van der Waals surface area contributed by atoms with Gasteiger partial charge in [0.15, 0.2) is 46.0 Å². The molecule has 0 amide bonds. The molecule has 0 bridgehead atoms. The maximum Gasteiger partial charge on any atom is 0.204 e. The van der Waals surface area contributed by atoms with Crippen molar-refractivity contribution in [2.24, 2.45) is 0 Å². The van der Waals surface area contributed by atoms with Crippen molar-refractivity contribution in [3.05, 3.63) is 129 Å². The molecule has 4 rings (SSSR count). The number of ether oxygens (including phenoxy) is 2. The van der Waals surface area contributed by atoms with E-state index in [-0.39, 0.29) is 0 Å². The van der Waals surface area contributed by atoms with Crippen LogP contribution in [-0.2, 0) is 11.2 Å². The molecule has 0 heterocycles. The van der Waals surface area contributed by atoms with Crippen LogP contribution in [0.3, 0.4) is 0 Å². The topological polar surface area (TPSA) is 58.9 Å². The Hall–Kier alpha value is -4.16. The third kappa shape index (κ3) is 3.89. The van der Waals surface area contributed by atoms with Crippen LogP contribution in [0.1, 0.15) is 22.3 Å². The standard InChI is InChI=1S/C28H18F8O4/c1-39-25-21(33)17(29)15(18(30)22(25)34)27(37,13-9-5-3-6-10-13)28(38,14-11-7-4-8-12-14)16-19(31)23(35)26(40-2)24(36)20(16)32/h3-12,37-38H,1-2H3. The fourth-order valence-electron chi connectivity index (χ4n) is 4.64. The summed E-state index contributed by atoms with van der Waals surface area (Å²) in [6, 6.07) is 10.7. The van der Waals surface area contributed by atoms with Crippen molar-refractivity contribution in [2.45, 2.75) is 11.2 Å². The highest BCUT2D eigenvalue weighted by atomic mass is 19.2. The van der Waals surface area contributed by atoms with Crippen molar-refractivity contribution >= 4 is 0 Å². The summed E-state index contributed by atoms with van der Waals surface area (Å²) in [5.41, 5.74) is -13.4. The molecule has 0 saturated carbocycles. The molecule has 0 aliphatic heterocycles. The summed E-state index contributed by atoms with van der Waals surface area (Å²) in [5, 5.41) is 24.4. The maximum absolute atomic E-state index is 15.6. The molecule has 0 aromatic heterocycles. The van der Waals surface area contributed by atoms with Gasteiger partial charge in [0, 0.05) is 0 Å². The molecule has 40 heavy (non-hydrogen) atoms. The molecule has 210 valence electrons. The lowest BCUT2D eigenvalue weighted by Crippen LogP contribution is -2.53. The average Bonchev–Trinajstić information content (AvgIpc) is 2.96. The molecule has 0 saturated heterocycles. The molecule has 0 fully saturated rings. The zero-order valence-electron chi connectivity index (χ0n) is 20.5. The highest BCUT2D eigenvalue weighted by molar-refractivity contribution is 5.54. The largest absolute Gasteiger partial charge is 0.491 e. The van der Waals surface area contributed by atoms with Crippen LogP contribution in [0, 0.1) is 46.5 Å². The molecule has 2 atom stereocenters. The predicted octanol–water partition coefficient (Wildman–Crippen LogP) is 5.99. The summed E-state index contributed by atoms with van der Waals surface area (Å²) in [7, 11) is 1.36. The number of aliphatic hydroxyl groups is 2. The molecule has 4 nitrogen and oxygen atoms in total. The molecular formula is C28H18F8O4. The van der Waals surface area contributed by atoms with Crippen molar-refractivity contribution in [2.75, 3.05) is 14.2 Å². The van der Waals surface area contributed by atoms with Crippen LogP contribution in [0.25, 0.3) is 0 Å². The van der Waals surface area contributed by atoms with Gasteiger partial charge in [-0.05, 0) is 11.1 Å². The van der Waals surface area contributed by atoms with E-state index in [9.17, 15) is 27.8 Å². The minimum atomic E-state index is -3.92. The van der Waals surface area contributed by atoms with Crippen LogP contribution in [0.15, 0.2) is 60.7 Å². The van der Waals surface area contributed by atoms with Crippen molar-refractivity contribution in [1.82, 2.24) is 0 Å². The molecule has 2 unspecified atom stereocenters. The van der Waals surface area contributed by atoms with Gasteiger partial charge in [0.05, 0.1) is 25.3 Å². The Morgan fingerprint density at radius 2 is 0.700 bits per heavy atom.